The number of para-hydroxylation sites is 1. The summed E-state index contributed by atoms with van der Waals surface area (Å²) in [5.41, 5.74) is 1.57. The molecule has 18 heavy (non-hydrogen) atoms. The Kier molecular flexibility index (Phi) is 2.54. The summed E-state index contributed by atoms with van der Waals surface area (Å²) >= 11 is 0. The largest absolute Gasteiger partial charge is 0.478 e. The Hall–Kier alpha value is -1.91. The van der Waals surface area contributed by atoms with Crippen LogP contribution in [0.15, 0.2) is 18.2 Å². The number of aromatic carboxylic acids is 1. The van der Waals surface area contributed by atoms with Gasteiger partial charge < -0.3 is 5.11 Å². The van der Waals surface area contributed by atoms with Gasteiger partial charge in [0.1, 0.15) is 11.0 Å². The maximum absolute atomic E-state index is 11.3. The molecular formula is C13H15N3O2. The zero-order valence-electron chi connectivity index (χ0n) is 10.2. The molecule has 0 radical (unpaired) electrons. The molecule has 0 bridgehead atoms. The normalized spacial score (nSPS) is 16.9. The van der Waals surface area contributed by atoms with E-state index in [0.29, 0.717) is 11.0 Å². The van der Waals surface area contributed by atoms with Crippen molar-refractivity contribution in [3.05, 3.63) is 23.8 Å². The summed E-state index contributed by atoms with van der Waals surface area (Å²) in [6.45, 7) is 2.07. The van der Waals surface area contributed by atoms with Crippen molar-refractivity contribution in [2.24, 2.45) is 5.92 Å². The van der Waals surface area contributed by atoms with E-state index in [4.69, 9.17) is 0 Å². The second-order valence-electron chi connectivity index (χ2n) is 5.04. The Bertz CT molecular complexity index is 601. The molecule has 5 heteroatoms. The highest BCUT2D eigenvalue weighted by molar-refractivity contribution is 6.00. The quantitative estimate of drug-likeness (QED) is 0.898. The van der Waals surface area contributed by atoms with Crippen LogP contribution in [-0.2, 0) is 0 Å². The number of carboxylic acid groups (broad SMARTS) is 1. The van der Waals surface area contributed by atoms with Gasteiger partial charge in [0.25, 0.3) is 0 Å². The predicted octanol–water partition coefficient (Wildman–Crippen LogP) is 2.49. The molecule has 1 atom stereocenters. The van der Waals surface area contributed by atoms with E-state index in [2.05, 4.69) is 17.2 Å². The van der Waals surface area contributed by atoms with Gasteiger partial charge in [-0.3, -0.25) is 0 Å². The van der Waals surface area contributed by atoms with Crippen molar-refractivity contribution in [1.82, 2.24) is 15.0 Å². The fraction of sp³-hybridized carbons (Fsp3) is 0.462. The van der Waals surface area contributed by atoms with Gasteiger partial charge in [-0.15, -0.1) is 5.10 Å². The van der Waals surface area contributed by atoms with Crippen LogP contribution < -0.4 is 0 Å². The molecule has 1 aromatic heterocycles. The highest BCUT2D eigenvalue weighted by Crippen LogP contribution is 2.37. The molecule has 0 spiro atoms. The van der Waals surface area contributed by atoms with E-state index in [1.54, 1.807) is 22.9 Å². The Labute approximate surface area is 104 Å². The fourth-order valence-corrected chi connectivity index (χ4v) is 2.41. The molecule has 2 aromatic rings. The van der Waals surface area contributed by atoms with E-state index >= 15 is 0 Å². The third kappa shape index (κ3) is 1.85. The van der Waals surface area contributed by atoms with E-state index in [1.807, 2.05) is 0 Å². The number of carbonyl (C=O) groups is 1. The molecule has 1 fully saturated rings. The van der Waals surface area contributed by atoms with Crippen LogP contribution in [0.5, 0.6) is 0 Å². The molecule has 94 valence electrons. The summed E-state index contributed by atoms with van der Waals surface area (Å²) in [7, 11) is 0. The van der Waals surface area contributed by atoms with Crippen LogP contribution in [0.2, 0.25) is 0 Å². The minimum atomic E-state index is -0.928. The van der Waals surface area contributed by atoms with Crippen LogP contribution >= 0.6 is 0 Å². The molecule has 1 N–H and O–H groups in total. The summed E-state index contributed by atoms with van der Waals surface area (Å²) in [6, 6.07) is 5.31. The smallest absolute Gasteiger partial charge is 0.337 e. The summed E-state index contributed by atoms with van der Waals surface area (Å²) in [4.78, 5) is 11.3. The molecule has 3 rings (SSSR count). The first kappa shape index (κ1) is 11.2. The van der Waals surface area contributed by atoms with Crippen molar-refractivity contribution < 1.29 is 9.90 Å². The lowest BCUT2D eigenvalue weighted by Crippen LogP contribution is -2.10. The molecule has 0 aliphatic heterocycles. The van der Waals surface area contributed by atoms with Crippen LogP contribution in [0.4, 0.5) is 0 Å². The van der Waals surface area contributed by atoms with Gasteiger partial charge >= 0.3 is 5.97 Å². The third-order valence-electron chi connectivity index (χ3n) is 3.51. The molecule has 1 aliphatic rings. The van der Waals surface area contributed by atoms with Crippen LogP contribution in [0.3, 0.4) is 0 Å². The topological polar surface area (TPSA) is 68.0 Å². The van der Waals surface area contributed by atoms with Gasteiger partial charge in [0, 0.05) is 0 Å². The SMILES string of the molecule is CC(CC1CC1)n1nnc2cccc(C(=O)O)c21. The van der Waals surface area contributed by atoms with E-state index < -0.39 is 5.97 Å². The fourth-order valence-electron chi connectivity index (χ4n) is 2.41. The average molecular weight is 245 g/mol. The Morgan fingerprint density at radius 3 is 3.00 bits per heavy atom. The first-order chi connectivity index (χ1) is 8.66. The molecular weight excluding hydrogens is 230 g/mol. The van der Waals surface area contributed by atoms with Gasteiger partial charge in [0.05, 0.1) is 11.6 Å². The van der Waals surface area contributed by atoms with Gasteiger partial charge in [-0.1, -0.05) is 24.1 Å². The van der Waals surface area contributed by atoms with Gasteiger partial charge in [0.2, 0.25) is 0 Å². The van der Waals surface area contributed by atoms with E-state index in [0.717, 1.165) is 12.3 Å². The van der Waals surface area contributed by atoms with Crippen molar-refractivity contribution in [3.63, 3.8) is 0 Å². The van der Waals surface area contributed by atoms with Crippen LogP contribution in [0, 0.1) is 5.92 Å². The molecule has 5 nitrogen and oxygen atoms in total. The lowest BCUT2D eigenvalue weighted by atomic mass is 10.1. The summed E-state index contributed by atoms with van der Waals surface area (Å²) in [5.74, 6) is -0.154. The number of nitrogens with zero attached hydrogens (tertiary/aromatic N) is 3. The van der Waals surface area contributed by atoms with Gasteiger partial charge in [-0.2, -0.15) is 0 Å². The van der Waals surface area contributed by atoms with Crippen molar-refractivity contribution in [2.75, 3.05) is 0 Å². The van der Waals surface area contributed by atoms with Crippen LogP contribution in [0.1, 0.15) is 42.6 Å². The van der Waals surface area contributed by atoms with Gasteiger partial charge in [0.15, 0.2) is 0 Å². The van der Waals surface area contributed by atoms with Gasteiger partial charge in [-0.25, -0.2) is 9.48 Å². The van der Waals surface area contributed by atoms with Crippen molar-refractivity contribution in [1.29, 1.82) is 0 Å². The molecule has 1 aromatic carbocycles. The lowest BCUT2D eigenvalue weighted by molar-refractivity contribution is 0.0698. The highest BCUT2D eigenvalue weighted by atomic mass is 16.4. The van der Waals surface area contributed by atoms with Crippen molar-refractivity contribution >= 4 is 17.0 Å². The number of fused-ring (bicyclic) bond motifs is 1. The number of benzene rings is 1. The number of hydrogen-bond donors (Lipinski definition) is 1. The number of aromatic nitrogens is 3. The zero-order chi connectivity index (χ0) is 12.7. The predicted molar refractivity (Wildman–Crippen MR) is 66.5 cm³/mol. The number of rotatable bonds is 4. The first-order valence-corrected chi connectivity index (χ1v) is 6.24. The Morgan fingerprint density at radius 2 is 2.33 bits per heavy atom. The highest BCUT2D eigenvalue weighted by Gasteiger charge is 2.26. The van der Waals surface area contributed by atoms with Crippen molar-refractivity contribution in [2.45, 2.75) is 32.2 Å². The number of carboxylic acids is 1. The molecule has 1 aliphatic carbocycles. The summed E-state index contributed by atoms with van der Waals surface area (Å²) in [6.07, 6.45) is 3.61. The standard InChI is InChI=1S/C13H15N3O2/c1-8(7-9-5-6-9)16-12-10(13(17)18)3-2-4-11(12)14-15-16/h2-4,8-9H,5-7H2,1H3,(H,17,18). The van der Waals surface area contributed by atoms with Crippen molar-refractivity contribution in [3.8, 4) is 0 Å². The summed E-state index contributed by atoms with van der Waals surface area (Å²) < 4.78 is 1.76. The van der Waals surface area contributed by atoms with Crippen LogP contribution in [-0.4, -0.2) is 26.1 Å². The minimum absolute atomic E-state index is 0.197. The monoisotopic (exact) mass is 245 g/mol. The maximum Gasteiger partial charge on any atom is 0.337 e. The molecule has 0 amide bonds. The van der Waals surface area contributed by atoms with E-state index in [9.17, 15) is 9.90 Å². The Morgan fingerprint density at radius 1 is 1.56 bits per heavy atom. The average Bonchev–Trinajstić information content (AvgIpc) is 3.05. The third-order valence-corrected chi connectivity index (χ3v) is 3.51. The van der Waals surface area contributed by atoms with Gasteiger partial charge in [-0.05, 0) is 31.4 Å². The Balaban J connectivity index is 2.07. The second-order valence-corrected chi connectivity index (χ2v) is 5.04. The zero-order valence-corrected chi connectivity index (χ0v) is 10.2. The summed E-state index contributed by atoms with van der Waals surface area (Å²) in [5, 5.41) is 17.4. The van der Waals surface area contributed by atoms with E-state index in [1.165, 1.54) is 12.8 Å². The van der Waals surface area contributed by atoms with Crippen LogP contribution in [0.25, 0.3) is 11.0 Å². The molecule has 1 saturated carbocycles. The second kappa shape index (κ2) is 4.08. The molecule has 1 unspecified atom stereocenters. The number of hydrogen-bond acceptors (Lipinski definition) is 3. The molecule has 1 heterocycles. The maximum atomic E-state index is 11.3. The molecule has 0 saturated heterocycles. The lowest BCUT2D eigenvalue weighted by Gasteiger charge is -2.12. The first-order valence-electron chi connectivity index (χ1n) is 6.24. The van der Waals surface area contributed by atoms with E-state index in [-0.39, 0.29) is 11.6 Å². The minimum Gasteiger partial charge on any atom is -0.478 e.